The number of amides is 1. The zero-order valence-corrected chi connectivity index (χ0v) is 12.2. The normalized spacial score (nSPS) is 23.1. The highest BCUT2D eigenvalue weighted by molar-refractivity contribution is 6.05. The maximum atomic E-state index is 12.9. The van der Waals surface area contributed by atoms with Crippen molar-refractivity contribution in [1.29, 1.82) is 5.26 Å². The number of benzene rings is 2. The van der Waals surface area contributed by atoms with Crippen LogP contribution in [0.3, 0.4) is 0 Å². The van der Waals surface area contributed by atoms with E-state index in [2.05, 4.69) is 4.99 Å². The van der Waals surface area contributed by atoms with Crippen molar-refractivity contribution < 1.29 is 9.53 Å². The summed E-state index contributed by atoms with van der Waals surface area (Å²) in [6.07, 6.45) is 2.25. The molecule has 1 saturated heterocycles. The molecule has 1 aliphatic heterocycles. The standard InChI is InChI=1S/C18H13N3O2/c19-11-20-18-21(17(22)12-6-2-1-3-7-12)16-14-9-5-4-8-13(14)10-15(16)23-18/h1-9,15-16H,10H2/t15-,16+/m0/s1. The maximum Gasteiger partial charge on any atom is 0.311 e. The predicted molar refractivity (Wildman–Crippen MR) is 83.4 cm³/mol. The zero-order valence-electron chi connectivity index (χ0n) is 12.2. The first kappa shape index (κ1) is 13.5. The second kappa shape index (κ2) is 5.25. The van der Waals surface area contributed by atoms with Gasteiger partial charge in [0, 0.05) is 12.0 Å². The highest BCUT2D eigenvalue weighted by atomic mass is 16.5. The van der Waals surface area contributed by atoms with Crippen molar-refractivity contribution in [3.63, 3.8) is 0 Å². The second-order valence-corrected chi connectivity index (χ2v) is 5.54. The quantitative estimate of drug-likeness (QED) is 0.761. The van der Waals surface area contributed by atoms with Gasteiger partial charge < -0.3 is 4.74 Å². The molecule has 5 heteroatoms. The van der Waals surface area contributed by atoms with Crippen LogP contribution in [-0.4, -0.2) is 22.9 Å². The van der Waals surface area contributed by atoms with E-state index in [0.29, 0.717) is 12.0 Å². The maximum absolute atomic E-state index is 12.9. The van der Waals surface area contributed by atoms with E-state index in [1.807, 2.05) is 42.5 Å². The lowest BCUT2D eigenvalue weighted by Gasteiger charge is -2.21. The minimum Gasteiger partial charge on any atom is -0.458 e. The van der Waals surface area contributed by atoms with Crippen LogP contribution in [0.1, 0.15) is 27.5 Å². The molecule has 1 fully saturated rings. The van der Waals surface area contributed by atoms with E-state index in [4.69, 9.17) is 10.00 Å². The van der Waals surface area contributed by atoms with Gasteiger partial charge in [-0.2, -0.15) is 5.26 Å². The van der Waals surface area contributed by atoms with Gasteiger partial charge in [0.05, 0.1) is 0 Å². The van der Waals surface area contributed by atoms with E-state index in [0.717, 1.165) is 5.56 Å². The third kappa shape index (κ3) is 2.08. The molecule has 0 saturated carbocycles. The van der Waals surface area contributed by atoms with Crippen LogP contribution < -0.4 is 0 Å². The third-order valence-electron chi connectivity index (χ3n) is 4.27. The summed E-state index contributed by atoms with van der Waals surface area (Å²) in [7, 11) is 0. The molecule has 1 heterocycles. The number of hydrogen-bond donors (Lipinski definition) is 0. The first-order valence-electron chi connectivity index (χ1n) is 7.39. The molecular formula is C18H13N3O2. The monoisotopic (exact) mass is 303 g/mol. The molecule has 1 aliphatic carbocycles. The molecule has 0 aromatic heterocycles. The van der Waals surface area contributed by atoms with E-state index in [1.54, 1.807) is 18.3 Å². The number of ether oxygens (including phenoxy) is 1. The van der Waals surface area contributed by atoms with E-state index < -0.39 is 0 Å². The van der Waals surface area contributed by atoms with Gasteiger partial charge in [0.1, 0.15) is 12.1 Å². The van der Waals surface area contributed by atoms with Gasteiger partial charge in [-0.25, -0.2) is 4.90 Å². The molecule has 23 heavy (non-hydrogen) atoms. The van der Waals surface area contributed by atoms with Gasteiger partial charge in [0.15, 0.2) is 0 Å². The molecule has 112 valence electrons. The molecule has 0 N–H and O–H groups in total. The highest BCUT2D eigenvalue weighted by Crippen LogP contribution is 2.43. The Morgan fingerprint density at radius 2 is 1.91 bits per heavy atom. The molecule has 1 amide bonds. The fraction of sp³-hybridized carbons (Fsp3) is 0.167. The Morgan fingerprint density at radius 3 is 2.70 bits per heavy atom. The van der Waals surface area contributed by atoms with Crippen molar-refractivity contribution in [2.24, 2.45) is 4.99 Å². The fourth-order valence-electron chi connectivity index (χ4n) is 3.32. The van der Waals surface area contributed by atoms with E-state index in [-0.39, 0.29) is 24.1 Å². The number of aliphatic imine (C=N–C) groups is 1. The van der Waals surface area contributed by atoms with Crippen molar-refractivity contribution in [1.82, 2.24) is 4.90 Å². The van der Waals surface area contributed by atoms with E-state index in [1.165, 1.54) is 10.5 Å². The minimum atomic E-state index is -0.231. The number of hydrogen-bond acceptors (Lipinski definition) is 4. The number of carbonyl (C=O) groups excluding carboxylic acids is 1. The van der Waals surface area contributed by atoms with Crippen molar-refractivity contribution in [3.8, 4) is 6.19 Å². The Bertz CT molecular complexity index is 839. The van der Waals surface area contributed by atoms with Gasteiger partial charge in [-0.1, -0.05) is 42.5 Å². The lowest BCUT2D eigenvalue weighted by Crippen LogP contribution is -2.35. The van der Waals surface area contributed by atoms with Crippen LogP contribution in [0.4, 0.5) is 0 Å². The van der Waals surface area contributed by atoms with Crippen LogP contribution in [0.15, 0.2) is 59.6 Å². The molecule has 5 nitrogen and oxygen atoms in total. The Labute approximate surface area is 133 Å². The zero-order chi connectivity index (χ0) is 15.8. The van der Waals surface area contributed by atoms with Crippen LogP contribution in [0, 0.1) is 11.5 Å². The Balaban J connectivity index is 1.80. The molecule has 2 aromatic rings. The first-order valence-corrected chi connectivity index (χ1v) is 7.39. The molecule has 2 aromatic carbocycles. The lowest BCUT2D eigenvalue weighted by molar-refractivity contribution is 0.0811. The predicted octanol–water partition coefficient (Wildman–Crippen LogP) is 2.66. The Morgan fingerprint density at radius 1 is 1.17 bits per heavy atom. The molecule has 0 unspecified atom stereocenters. The fourth-order valence-corrected chi connectivity index (χ4v) is 3.32. The summed E-state index contributed by atoms with van der Waals surface area (Å²) in [5, 5.41) is 8.90. The third-order valence-corrected chi connectivity index (χ3v) is 4.27. The smallest absolute Gasteiger partial charge is 0.311 e. The number of fused-ring (bicyclic) bond motifs is 3. The summed E-state index contributed by atoms with van der Waals surface area (Å²) in [5.74, 6) is -0.205. The first-order chi connectivity index (χ1) is 11.3. The molecule has 0 radical (unpaired) electrons. The van der Waals surface area contributed by atoms with Crippen LogP contribution in [-0.2, 0) is 11.2 Å². The van der Waals surface area contributed by atoms with Crippen LogP contribution >= 0.6 is 0 Å². The van der Waals surface area contributed by atoms with Crippen LogP contribution in [0.5, 0.6) is 0 Å². The Kier molecular flexibility index (Phi) is 3.09. The topological polar surface area (TPSA) is 65.7 Å². The summed E-state index contributed by atoms with van der Waals surface area (Å²) >= 11 is 0. The molecule has 0 spiro atoms. The average Bonchev–Trinajstić information content (AvgIpc) is 3.11. The van der Waals surface area contributed by atoms with Crippen molar-refractivity contribution in [2.75, 3.05) is 0 Å². The van der Waals surface area contributed by atoms with Gasteiger partial charge in [0.2, 0.25) is 6.19 Å². The van der Waals surface area contributed by atoms with Gasteiger partial charge in [0.25, 0.3) is 5.91 Å². The highest BCUT2D eigenvalue weighted by Gasteiger charge is 2.49. The Hall–Kier alpha value is -3.13. The van der Waals surface area contributed by atoms with Crippen molar-refractivity contribution in [2.45, 2.75) is 18.6 Å². The van der Waals surface area contributed by atoms with Crippen molar-refractivity contribution in [3.05, 3.63) is 71.3 Å². The largest absolute Gasteiger partial charge is 0.458 e. The average molecular weight is 303 g/mol. The number of amidine groups is 1. The molecule has 0 bridgehead atoms. The summed E-state index contributed by atoms with van der Waals surface area (Å²) in [4.78, 5) is 18.2. The van der Waals surface area contributed by atoms with Gasteiger partial charge in [-0.05, 0) is 23.3 Å². The number of carbonyl (C=O) groups is 1. The van der Waals surface area contributed by atoms with Crippen molar-refractivity contribution >= 4 is 11.9 Å². The molecular weight excluding hydrogens is 290 g/mol. The number of nitriles is 1. The summed E-state index contributed by atoms with van der Waals surface area (Å²) in [6, 6.07) is 16.8. The van der Waals surface area contributed by atoms with Gasteiger partial charge in [-0.3, -0.25) is 4.79 Å². The summed E-state index contributed by atoms with van der Waals surface area (Å²) in [5.41, 5.74) is 2.78. The summed E-state index contributed by atoms with van der Waals surface area (Å²) in [6.45, 7) is 0. The molecule has 4 rings (SSSR count). The SMILES string of the molecule is N#CN=C1O[C@H]2Cc3ccccc3[C@H]2N1C(=O)c1ccccc1. The van der Waals surface area contributed by atoms with Gasteiger partial charge >= 0.3 is 6.02 Å². The summed E-state index contributed by atoms with van der Waals surface area (Å²) < 4.78 is 5.80. The second-order valence-electron chi connectivity index (χ2n) is 5.54. The number of rotatable bonds is 1. The van der Waals surface area contributed by atoms with Gasteiger partial charge in [-0.15, -0.1) is 4.99 Å². The van der Waals surface area contributed by atoms with Crippen LogP contribution in [0.2, 0.25) is 0 Å². The number of nitrogens with zero attached hydrogens (tertiary/aromatic N) is 3. The molecule has 2 aliphatic rings. The minimum absolute atomic E-state index is 0.0888. The van der Waals surface area contributed by atoms with Crippen LogP contribution in [0.25, 0.3) is 0 Å². The molecule has 2 atom stereocenters. The van der Waals surface area contributed by atoms with E-state index >= 15 is 0 Å². The van der Waals surface area contributed by atoms with E-state index in [9.17, 15) is 4.79 Å². The lowest BCUT2D eigenvalue weighted by atomic mass is 10.1.